The number of cyclic esters (lactones) is 1. The zero-order chi connectivity index (χ0) is 36.7. The minimum atomic E-state index is -2.02. The predicted octanol–water partition coefficient (Wildman–Crippen LogP) is 1.85. The molecule has 2 aliphatic rings. The Kier molecular flexibility index (Phi) is 10.6. The fourth-order valence-corrected chi connectivity index (χ4v) is 6.19. The van der Waals surface area contributed by atoms with Gasteiger partial charge >= 0.3 is 5.97 Å². The zero-order valence-electron chi connectivity index (χ0n) is 28.3. The van der Waals surface area contributed by atoms with E-state index in [1.54, 1.807) is 33.8 Å². The second-order valence-electron chi connectivity index (χ2n) is 12.9. The maximum absolute atomic E-state index is 14.6. The Bertz CT molecular complexity index is 1950. The number of carbonyl (C=O) groups excluding carboxylic acids is 4. The molecule has 0 saturated carbocycles. The van der Waals surface area contributed by atoms with Crippen molar-refractivity contribution in [2.75, 3.05) is 6.73 Å². The van der Waals surface area contributed by atoms with Gasteiger partial charge in [0.25, 0.3) is 5.56 Å². The van der Waals surface area contributed by atoms with Crippen molar-refractivity contribution in [1.82, 2.24) is 25.5 Å². The van der Waals surface area contributed by atoms with Crippen molar-refractivity contribution in [3.8, 4) is 11.4 Å². The largest absolute Gasteiger partial charge is 0.458 e. The van der Waals surface area contributed by atoms with Crippen LogP contribution < -0.4 is 27.2 Å². The van der Waals surface area contributed by atoms with Gasteiger partial charge in [-0.2, -0.15) is 0 Å². The van der Waals surface area contributed by atoms with Crippen molar-refractivity contribution in [3.05, 3.63) is 61.6 Å². The van der Waals surface area contributed by atoms with Crippen molar-refractivity contribution in [1.29, 1.82) is 0 Å². The topological polar surface area (TPSA) is 204 Å². The van der Waals surface area contributed by atoms with E-state index in [9.17, 15) is 33.5 Å². The second kappa shape index (κ2) is 14.4. The van der Waals surface area contributed by atoms with E-state index in [0.717, 1.165) is 6.07 Å². The van der Waals surface area contributed by atoms with Crippen LogP contribution in [0, 0.1) is 11.7 Å². The molecule has 14 nitrogen and oxygen atoms in total. The number of amides is 3. The quantitative estimate of drug-likeness (QED) is 0.106. The van der Waals surface area contributed by atoms with Crippen molar-refractivity contribution < 1.29 is 38.1 Å². The summed E-state index contributed by atoms with van der Waals surface area (Å²) in [4.78, 5) is 68.5. The van der Waals surface area contributed by atoms with Gasteiger partial charge in [-0.25, -0.2) is 14.2 Å². The monoisotopic (exact) mass is 714 g/mol. The van der Waals surface area contributed by atoms with Crippen LogP contribution in [0.5, 0.6) is 0 Å². The number of hydrogen-bond acceptors (Lipinski definition) is 10. The number of nitrogens with zero attached hydrogens (tertiary/aromatic N) is 2. The molecular formula is C34H40ClFN6O8. The number of aromatic nitrogens is 2. The first-order valence-corrected chi connectivity index (χ1v) is 16.6. The van der Waals surface area contributed by atoms with E-state index in [0.29, 0.717) is 27.9 Å². The van der Waals surface area contributed by atoms with E-state index in [4.69, 9.17) is 26.8 Å². The van der Waals surface area contributed by atoms with Crippen LogP contribution in [0.1, 0.15) is 69.7 Å². The lowest BCUT2D eigenvalue weighted by Crippen LogP contribution is -2.52. The summed E-state index contributed by atoms with van der Waals surface area (Å²) in [5, 5.41) is 19.4. The Balaban J connectivity index is 1.31. The molecule has 0 radical (unpaired) electrons. The van der Waals surface area contributed by atoms with Crippen molar-refractivity contribution in [2.24, 2.45) is 11.7 Å². The molecule has 2 aliphatic heterocycles. The van der Waals surface area contributed by atoms with Crippen LogP contribution in [-0.4, -0.2) is 63.3 Å². The Hall–Kier alpha value is -4.44. The molecule has 3 aromatic rings. The molecule has 5 rings (SSSR count). The number of fused-ring (bicyclic) bond motifs is 5. The molecule has 0 unspecified atom stereocenters. The maximum Gasteiger partial charge on any atom is 0.343 e. The molecule has 2 aromatic heterocycles. The smallest absolute Gasteiger partial charge is 0.343 e. The molecule has 4 atom stereocenters. The summed E-state index contributed by atoms with van der Waals surface area (Å²) >= 11 is 6.15. The molecule has 6 N–H and O–H groups in total. The van der Waals surface area contributed by atoms with E-state index >= 15 is 0 Å². The number of hydrogen-bond donors (Lipinski definition) is 5. The average molecular weight is 715 g/mol. The Morgan fingerprint density at radius 1 is 1.14 bits per heavy atom. The summed E-state index contributed by atoms with van der Waals surface area (Å²) in [7, 11) is 0. The summed E-state index contributed by atoms with van der Waals surface area (Å²) in [6.45, 7) is 7.87. The van der Waals surface area contributed by atoms with Crippen molar-refractivity contribution in [3.63, 3.8) is 0 Å². The van der Waals surface area contributed by atoms with E-state index in [1.807, 2.05) is 0 Å². The number of nitrogens with one attached hydrogen (secondary N) is 3. The third-order valence-corrected chi connectivity index (χ3v) is 9.46. The third kappa shape index (κ3) is 6.95. The predicted molar refractivity (Wildman–Crippen MR) is 180 cm³/mol. The minimum Gasteiger partial charge on any atom is -0.458 e. The van der Waals surface area contributed by atoms with Gasteiger partial charge in [-0.15, -0.1) is 0 Å². The summed E-state index contributed by atoms with van der Waals surface area (Å²) in [5.41, 5.74) is 5.65. The van der Waals surface area contributed by atoms with E-state index < -0.39 is 58.9 Å². The number of nitrogens with two attached hydrogens (primary N) is 1. The lowest BCUT2D eigenvalue weighted by molar-refractivity contribution is -0.172. The van der Waals surface area contributed by atoms with Crippen LogP contribution in [0.3, 0.4) is 0 Å². The summed E-state index contributed by atoms with van der Waals surface area (Å²) in [5.74, 6) is -2.99. The summed E-state index contributed by atoms with van der Waals surface area (Å²) in [6.07, 6.45) is -0.725. The summed E-state index contributed by atoms with van der Waals surface area (Å²) in [6, 6.07) is 2.52. The number of halogens is 2. The minimum absolute atomic E-state index is 0.0276. The van der Waals surface area contributed by atoms with Gasteiger partial charge in [0.1, 0.15) is 25.2 Å². The van der Waals surface area contributed by atoms with Gasteiger partial charge in [-0.1, -0.05) is 32.4 Å². The molecule has 3 amide bonds. The lowest BCUT2D eigenvalue weighted by atomic mass is 9.86. The highest BCUT2D eigenvalue weighted by atomic mass is 35.5. The maximum atomic E-state index is 14.6. The van der Waals surface area contributed by atoms with Gasteiger partial charge < -0.3 is 40.8 Å². The molecule has 0 fully saturated rings. The van der Waals surface area contributed by atoms with Crippen LogP contribution in [0.25, 0.3) is 22.3 Å². The molecule has 16 heteroatoms. The van der Waals surface area contributed by atoms with E-state index in [1.165, 1.54) is 17.6 Å². The van der Waals surface area contributed by atoms with Gasteiger partial charge in [-0.3, -0.25) is 19.2 Å². The van der Waals surface area contributed by atoms with Crippen LogP contribution >= 0.6 is 11.6 Å². The number of ether oxygens (including phenoxy) is 2. The van der Waals surface area contributed by atoms with Crippen LogP contribution in [0.15, 0.2) is 23.0 Å². The van der Waals surface area contributed by atoms with Gasteiger partial charge in [-0.05, 0) is 43.9 Å². The Labute approximate surface area is 291 Å². The highest BCUT2D eigenvalue weighted by Crippen LogP contribution is 2.40. The van der Waals surface area contributed by atoms with Crippen LogP contribution in [-0.2, 0) is 53.9 Å². The fraction of sp³-hybridized carbons (Fsp3) is 0.471. The molecule has 1 aromatic carbocycles. The number of esters is 1. The number of carbonyl (C=O) groups is 4. The van der Waals surface area contributed by atoms with Crippen molar-refractivity contribution >= 4 is 46.2 Å². The first kappa shape index (κ1) is 36.8. The average Bonchev–Trinajstić information content (AvgIpc) is 3.43. The fourth-order valence-electron chi connectivity index (χ4n) is 6.02. The SMILES string of the molecule is CC[C@@]1(O)C(=O)OCc2c1cc1n(c2=O)Cc2c-1nc1cc(F)c(Cl)cc1c2CNC(=O)C[C@@H](C)OCNC(=O)[C@H](C)NC(=O)[C@@H](N)C(C)C. The first-order valence-electron chi connectivity index (χ1n) is 16.3. The molecule has 268 valence electrons. The van der Waals surface area contributed by atoms with Crippen LogP contribution in [0.2, 0.25) is 5.02 Å². The number of pyridine rings is 2. The Morgan fingerprint density at radius 2 is 1.86 bits per heavy atom. The number of benzene rings is 1. The molecule has 50 heavy (non-hydrogen) atoms. The molecular weight excluding hydrogens is 675 g/mol. The van der Waals surface area contributed by atoms with Gasteiger partial charge in [0.2, 0.25) is 17.7 Å². The molecule has 0 spiro atoms. The van der Waals surface area contributed by atoms with E-state index in [-0.39, 0.29) is 66.9 Å². The molecule has 0 saturated heterocycles. The third-order valence-electron chi connectivity index (χ3n) is 9.17. The number of aliphatic hydroxyl groups is 1. The molecule has 0 bridgehead atoms. The van der Waals surface area contributed by atoms with Gasteiger partial charge in [0.05, 0.1) is 52.6 Å². The zero-order valence-corrected chi connectivity index (χ0v) is 29.1. The van der Waals surface area contributed by atoms with Crippen molar-refractivity contribution in [2.45, 2.75) is 90.9 Å². The second-order valence-corrected chi connectivity index (χ2v) is 13.4. The molecule has 0 aliphatic carbocycles. The van der Waals surface area contributed by atoms with Crippen LogP contribution in [0.4, 0.5) is 4.39 Å². The first-order chi connectivity index (χ1) is 23.6. The standard InChI is InChI=1S/C34H40ClFN6O8/c1-6-34(48)22-9-26-29-20(12-42(26)32(46)21(22)13-49-33(34)47)19(18-8-23(35)24(36)10-25(18)41-29)11-38-27(43)7-16(4)50-14-39-30(44)17(5)40-31(45)28(37)15(2)3/h8-10,15-17,28,48H,6-7,11-14,37H2,1-5H3,(H,38,43)(H,39,44)(H,40,45)/t16-,17+,28+,34+/m1/s1. The van der Waals surface area contributed by atoms with Gasteiger partial charge in [0, 0.05) is 29.1 Å². The lowest BCUT2D eigenvalue weighted by Gasteiger charge is -2.31. The highest BCUT2D eigenvalue weighted by molar-refractivity contribution is 6.31. The number of rotatable bonds is 12. The normalized spacial score (nSPS) is 18.1. The van der Waals surface area contributed by atoms with Gasteiger partial charge in [0.15, 0.2) is 5.60 Å². The summed E-state index contributed by atoms with van der Waals surface area (Å²) < 4.78 is 26.8. The Morgan fingerprint density at radius 3 is 2.54 bits per heavy atom. The highest BCUT2D eigenvalue weighted by Gasteiger charge is 2.45. The molecule has 4 heterocycles. The van der Waals surface area contributed by atoms with E-state index in [2.05, 4.69) is 20.9 Å².